The van der Waals surface area contributed by atoms with Crippen LogP contribution in [0.4, 0.5) is 10.8 Å². The third kappa shape index (κ3) is 4.65. The fourth-order valence-corrected chi connectivity index (χ4v) is 5.25. The van der Waals surface area contributed by atoms with E-state index in [1.807, 2.05) is 12.1 Å². The van der Waals surface area contributed by atoms with E-state index in [0.29, 0.717) is 10.2 Å². The molecule has 5 nitrogen and oxygen atoms in total. The van der Waals surface area contributed by atoms with Gasteiger partial charge in [-0.05, 0) is 64.7 Å². The van der Waals surface area contributed by atoms with Crippen molar-refractivity contribution in [3.63, 3.8) is 0 Å². The average molecular weight is 435 g/mol. The van der Waals surface area contributed by atoms with Crippen LogP contribution in [0.15, 0.2) is 23.6 Å². The predicted octanol–water partition coefficient (Wildman–Crippen LogP) is 5.36. The molecule has 1 atom stereocenters. The SMILES string of the molecule is CC(C)(C)N1CCC(Oc2ccc(N3CCC[C@@H]3c3csc(N)n3)cc2Cl)CC1. The highest BCUT2D eigenvalue weighted by Crippen LogP contribution is 2.39. The number of hydrogen-bond acceptors (Lipinski definition) is 6. The van der Waals surface area contributed by atoms with E-state index < -0.39 is 0 Å². The van der Waals surface area contributed by atoms with Gasteiger partial charge in [0.25, 0.3) is 0 Å². The van der Waals surface area contributed by atoms with Gasteiger partial charge in [-0.3, -0.25) is 4.90 Å². The zero-order chi connectivity index (χ0) is 20.6. The molecule has 0 spiro atoms. The highest BCUT2D eigenvalue weighted by molar-refractivity contribution is 7.13. The molecule has 2 aliphatic heterocycles. The number of benzene rings is 1. The maximum absolute atomic E-state index is 6.63. The van der Waals surface area contributed by atoms with Gasteiger partial charge in [0.2, 0.25) is 0 Å². The van der Waals surface area contributed by atoms with E-state index in [2.05, 4.69) is 47.0 Å². The number of rotatable bonds is 4. The lowest BCUT2D eigenvalue weighted by molar-refractivity contribution is 0.0492. The number of nitrogens with two attached hydrogens (primary N) is 1. The van der Waals surface area contributed by atoms with Crippen LogP contribution < -0.4 is 15.4 Å². The summed E-state index contributed by atoms with van der Waals surface area (Å²) in [7, 11) is 0. The summed E-state index contributed by atoms with van der Waals surface area (Å²) in [4.78, 5) is 9.41. The van der Waals surface area contributed by atoms with E-state index in [1.54, 1.807) is 0 Å². The number of halogens is 1. The van der Waals surface area contributed by atoms with Gasteiger partial charge < -0.3 is 15.4 Å². The molecule has 7 heteroatoms. The van der Waals surface area contributed by atoms with E-state index in [-0.39, 0.29) is 17.7 Å². The van der Waals surface area contributed by atoms with E-state index in [0.717, 1.165) is 62.4 Å². The van der Waals surface area contributed by atoms with Crippen LogP contribution in [0.1, 0.15) is 58.2 Å². The predicted molar refractivity (Wildman–Crippen MR) is 122 cm³/mol. The first kappa shape index (κ1) is 20.8. The van der Waals surface area contributed by atoms with Gasteiger partial charge in [-0.15, -0.1) is 11.3 Å². The van der Waals surface area contributed by atoms with E-state index in [1.165, 1.54) is 11.3 Å². The molecule has 158 valence electrons. The van der Waals surface area contributed by atoms with Crippen LogP contribution >= 0.6 is 22.9 Å². The van der Waals surface area contributed by atoms with E-state index in [4.69, 9.17) is 22.1 Å². The third-order valence-electron chi connectivity index (χ3n) is 6.07. The summed E-state index contributed by atoms with van der Waals surface area (Å²) in [5.74, 6) is 0.790. The fourth-order valence-electron chi connectivity index (χ4n) is 4.42. The molecule has 2 saturated heterocycles. The molecule has 0 bridgehead atoms. The largest absolute Gasteiger partial charge is 0.489 e. The topological polar surface area (TPSA) is 54.6 Å². The van der Waals surface area contributed by atoms with Gasteiger partial charge in [0.05, 0.1) is 16.8 Å². The molecule has 0 aliphatic carbocycles. The maximum atomic E-state index is 6.63. The lowest BCUT2D eigenvalue weighted by Crippen LogP contribution is -2.48. The van der Waals surface area contributed by atoms with Crippen molar-refractivity contribution in [2.24, 2.45) is 0 Å². The summed E-state index contributed by atoms with van der Waals surface area (Å²) in [5.41, 5.74) is 8.25. The number of ether oxygens (including phenoxy) is 1. The van der Waals surface area contributed by atoms with Crippen molar-refractivity contribution in [2.75, 3.05) is 30.3 Å². The van der Waals surface area contributed by atoms with Crippen molar-refractivity contribution in [1.29, 1.82) is 0 Å². The molecule has 29 heavy (non-hydrogen) atoms. The summed E-state index contributed by atoms with van der Waals surface area (Å²) < 4.78 is 6.28. The Morgan fingerprint density at radius 3 is 2.55 bits per heavy atom. The van der Waals surface area contributed by atoms with Gasteiger partial charge in [0.1, 0.15) is 11.9 Å². The lowest BCUT2D eigenvalue weighted by atomic mass is 9.99. The number of thiazole rings is 1. The smallest absolute Gasteiger partial charge is 0.180 e. The second-order valence-corrected chi connectivity index (χ2v) is 10.3. The number of piperidine rings is 1. The summed E-state index contributed by atoms with van der Waals surface area (Å²) in [6.07, 6.45) is 4.54. The van der Waals surface area contributed by atoms with Crippen LogP contribution in [-0.4, -0.2) is 41.2 Å². The van der Waals surface area contributed by atoms with Crippen LogP contribution in [0.25, 0.3) is 0 Å². The average Bonchev–Trinajstić information content (AvgIpc) is 3.32. The van der Waals surface area contributed by atoms with Gasteiger partial charge in [-0.2, -0.15) is 0 Å². The van der Waals surface area contributed by atoms with E-state index >= 15 is 0 Å². The minimum atomic E-state index is 0.221. The summed E-state index contributed by atoms with van der Waals surface area (Å²) in [6, 6.07) is 6.46. The van der Waals surface area contributed by atoms with Crippen LogP contribution in [0, 0.1) is 0 Å². The highest BCUT2D eigenvalue weighted by atomic mass is 35.5. The number of hydrogen-bond donors (Lipinski definition) is 1. The van der Waals surface area contributed by atoms with Crippen LogP contribution in [-0.2, 0) is 0 Å². The van der Waals surface area contributed by atoms with Crippen LogP contribution in [0.3, 0.4) is 0 Å². The number of anilines is 2. The summed E-state index contributed by atoms with van der Waals surface area (Å²) >= 11 is 8.14. The molecule has 0 saturated carbocycles. The molecule has 1 aromatic carbocycles. The first-order valence-electron chi connectivity index (χ1n) is 10.5. The maximum Gasteiger partial charge on any atom is 0.180 e. The molecular weight excluding hydrogens is 404 g/mol. The first-order chi connectivity index (χ1) is 13.8. The molecule has 4 rings (SSSR count). The summed E-state index contributed by atoms with van der Waals surface area (Å²) in [6.45, 7) is 9.95. The molecule has 2 fully saturated rings. The van der Waals surface area contributed by atoms with Gasteiger partial charge in [0, 0.05) is 36.2 Å². The van der Waals surface area contributed by atoms with Crippen molar-refractivity contribution in [3.8, 4) is 5.75 Å². The Bertz CT molecular complexity index is 842. The van der Waals surface area contributed by atoms with E-state index in [9.17, 15) is 0 Å². The van der Waals surface area contributed by atoms with Crippen molar-refractivity contribution >= 4 is 33.8 Å². The Morgan fingerprint density at radius 1 is 1.17 bits per heavy atom. The second kappa shape index (κ2) is 8.32. The number of likely N-dealkylation sites (tertiary alicyclic amines) is 1. The van der Waals surface area contributed by atoms with Crippen LogP contribution in [0.5, 0.6) is 5.75 Å². The molecule has 2 N–H and O–H groups in total. The van der Waals surface area contributed by atoms with Crippen molar-refractivity contribution in [3.05, 3.63) is 34.3 Å². The number of nitrogen functional groups attached to an aromatic ring is 1. The highest BCUT2D eigenvalue weighted by Gasteiger charge is 2.30. The molecule has 0 unspecified atom stereocenters. The first-order valence-corrected chi connectivity index (χ1v) is 11.8. The standard InChI is InChI=1S/C22H31ClN4OS/c1-22(2,3)26-11-8-16(9-12-26)28-20-7-6-15(13-17(20)23)27-10-4-5-19(27)18-14-29-21(24)25-18/h6-7,13-14,16,19H,4-5,8-12H2,1-3H3,(H2,24,25)/t19-/m1/s1. The third-order valence-corrected chi connectivity index (χ3v) is 7.05. The quantitative estimate of drug-likeness (QED) is 0.701. The van der Waals surface area contributed by atoms with Gasteiger partial charge in [-0.25, -0.2) is 4.98 Å². The molecule has 2 aliphatic rings. The summed E-state index contributed by atoms with van der Waals surface area (Å²) in [5, 5.41) is 3.39. The van der Waals surface area contributed by atoms with Gasteiger partial charge in [0.15, 0.2) is 5.13 Å². The van der Waals surface area contributed by atoms with Gasteiger partial charge in [-0.1, -0.05) is 11.6 Å². The normalized spacial score (nSPS) is 21.7. The Kier molecular flexibility index (Phi) is 5.96. The molecular formula is C22H31ClN4OS. The monoisotopic (exact) mass is 434 g/mol. The Morgan fingerprint density at radius 2 is 1.93 bits per heavy atom. The number of aromatic nitrogens is 1. The second-order valence-electron chi connectivity index (χ2n) is 9.05. The number of nitrogens with zero attached hydrogens (tertiary/aromatic N) is 3. The minimum Gasteiger partial charge on any atom is -0.489 e. The Labute approximate surface area is 182 Å². The lowest BCUT2D eigenvalue weighted by Gasteiger charge is -2.40. The van der Waals surface area contributed by atoms with Crippen LogP contribution in [0.2, 0.25) is 5.02 Å². The van der Waals surface area contributed by atoms with Crippen molar-refractivity contribution in [1.82, 2.24) is 9.88 Å². The van der Waals surface area contributed by atoms with Crippen molar-refractivity contribution in [2.45, 2.75) is 64.1 Å². The Hall–Kier alpha value is -1.50. The zero-order valence-corrected chi connectivity index (χ0v) is 19.1. The molecule has 2 aromatic rings. The molecule has 1 aromatic heterocycles. The molecule has 0 amide bonds. The Balaban J connectivity index is 1.42. The fraction of sp³-hybridized carbons (Fsp3) is 0.591. The zero-order valence-electron chi connectivity index (χ0n) is 17.5. The minimum absolute atomic E-state index is 0.221. The van der Waals surface area contributed by atoms with Crippen molar-refractivity contribution < 1.29 is 4.74 Å². The molecule has 0 radical (unpaired) electrons. The molecule has 3 heterocycles. The van der Waals surface area contributed by atoms with Gasteiger partial charge >= 0.3 is 0 Å².